The first-order valence-electron chi connectivity index (χ1n) is 9.78. The molecule has 7 heteroatoms. The van der Waals surface area contributed by atoms with Crippen LogP contribution in [-0.4, -0.2) is 44.9 Å². The number of hydrogen-bond donors (Lipinski definition) is 3. The normalized spacial score (nSPS) is 19.0. The maximum Gasteiger partial charge on any atom is 0.323 e. The van der Waals surface area contributed by atoms with Crippen LogP contribution in [0.2, 0.25) is 0 Å². The van der Waals surface area contributed by atoms with Crippen LogP contribution in [0, 0.1) is 5.92 Å². The molecule has 2 heterocycles. The van der Waals surface area contributed by atoms with Crippen molar-refractivity contribution in [1.82, 2.24) is 14.9 Å². The number of fused-ring (bicyclic) bond motifs is 1. The van der Waals surface area contributed by atoms with Gasteiger partial charge in [-0.3, -0.25) is 9.59 Å². The van der Waals surface area contributed by atoms with Crippen LogP contribution in [0.15, 0.2) is 53.3 Å². The third-order valence-electron chi connectivity index (χ3n) is 5.65. The van der Waals surface area contributed by atoms with Gasteiger partial charge < -0.3 is 20.0 Å². The molecule has 0 radical (unpaired) electrons. The van der Waals surface area contributed by atoms with Gasteiger partial charge in [-0.15, -0.1) is 0 Å². The van der Waals surface area contributed by atoms with Crippen LogP contribution in [0.25, 0.3) is 11.0 Å². The Morgan fingerprint density at radius 2 is 1.79 bits per heavy atom. The number of H-pyrrole nitrogens is 2. The van der Waals surface area contributed by atoms with Gasteiger partial charge in [0.2, 0.25) is 5.91 Å². The quantitative estimate of drug-likeness (QED) is 0.598. The fourth-order valence-electron chi connectivity index (χ4n) is 4.13. The van der Waals surface area contributed by atoms with Crippen molar-refractivity contribution in [1.29, 1.82) is 0 Å². The number of imidazole rings is 1. The molecule has 2 atom stereocenters. The lowest BCUT2D eigenvalue weighted by Crippen LogP contribution is -2.29. The van der Waals surface area contributed by atoms with Crippen molar-refractivity contribution >= 4 is 22.9 Å². The van der Waals surface area contributed by atoms with E-state index >= 15 is 0 Å². The molecule has 29 heavy (non-hydrogen) atoms. The van der Waals surface area contributed by atoms with E-state index in [1.54, 1.807) is 4.90 Å². The Hall–Kier alpha value is -3.35. The minimum Gasteiger partial charge on any atom is -0.481 e. The number of benzene rings is 2. The van der Waals surface area contributed by atoms with Crippen molar-refractivity contribution < 1.29 is 14.7 Å². The number of nitrogens with zero attached hydrogens (tertiary/aromatic N) is 1. The van der Waals surface area contributed by atoms with Crippen molar-refractivity contribution in [2.75, 3.05) is 13.1 Å². The molecular weight excluding hydrogens is 370 g/mol. The van der Waals surface area contributed by atoms with Crippen molar-refractivity contribution in [2.24, 2.45) is 5.92 Å². The minimum atomic E-state index is -0.858. The molecule has 0 aliphatic carbocycles. The topological polar surface area (TPSA) is 106 Å². The number of carboxylic acid groups (broad SMARTS) is 1. The van der Waals surface area contributed by atoms with Gasteiger partial charge in [-0.2, -0.15) is 0 Å². The van der Waals surface area contributed by atoms with Crippen LogP contribution in [0.4, 0.5) is 0 Å². The van der Waals surface area contributed by atoms with Gasteiger partial charge in [-0.1, -0.05) is 36.4 Å². The molecule has 1 amide bonds. The summed E-state index contributed by atoms with van der Waals surface area (Å²) in [5.41, 5.74) is 3.30. The Kier molecular flexibility index (Phi) is 5.20. The van der Waals surface area contributed by atoms with E-state index in [1.165, 1.54) is 0 Å². The smallest absolute Gasteiger partial charge is 0.323 e. The number of aromatic amines is 2. The Balaban J connectivity index is 1.36. The highest BCUT2D eigenvalue weighted by atomic mass is 16.4. The third kappa shape index (κ3) is 4.08. The molecule has 1 saturated heterocycles. The zero-order valence-electron chi connectivity index (χ0n) is 15.9. The van der Waals surface area contributed by atoms with Crippen LogP contribution in [0.1, 0.15) is 29.9 Å². The molecule has 0 bridgehead atoms. The molecule has 3 N–H and O–H groups in total. The summed E-state index contributed by atoms with van der Waals surface area (Å²) >= 11 is 0. The first kappa shape index (κ1) is 19.0. The average Bonchev–Trinajstić information content (AvgIpc) is 3.31. The van der Waals surface area contributed by atoms with Gasteiger partial charge in [0.1, 0.15) is 0 Å². The highest BCUT2D eigenvalue weighted by Gasteiger charge is 2.40. The van der Waals surface area contributed by atoms with Crippen molar-refractivity contribution in [3.05, 3.63) is 70.1 Å². The number of aliphatic carboxylic acids is 1. The van der Waals surface area contributed by atoms with E-state index in [2.05, 4.69) is 9.97 Å². The number of likely N-dealkylation sites (tertiary alicyclic amines) is 1. The van der Waals surface area contributed by atoms with Crippen LogP contribution in [0.3, 0.4) is 0 Å². The van der Waals surface area contributed by atoms with Gasteiger partial charge in [-0.05, 0) is 36.1 Å². The molecular formula is C22H23N3O4. The van der Waals surface area contributed by atoms with Gasteiger partial charge in [0.05, 0.1) is 17.0 Å². The molecule has 2 aromatic carbocycles. The molecule has 1 fully saturated rings. The fraction of sp³-hybridized carbons (Fsp3) is 0.318. The average molecular weight is 393 g/mol. The Bertz CT molecular complexity index is 1090. The van der Waals surface area contributed by atoms with E-state index in [0.29, 0.717) is 25.8 Å². The summed E-state index contributed by atoms with van der Waals surface area (Å²) in [5.74, 6) is -1.62. The Morgan fingerprint density at radius 3 is 2.55 bits per heavy atom. The maximum atomic E-state index is 12.7. The second kappa shape index (κ2) is 7.95. The van der Waals surface area contributed by atoms with E-state index in [-0.39, 0.29) is 24.1 Å². The number of nitrogens with one attached hydrogen (secondary N) is 2. The zero-order chi connectivity index (χ0) is 20.4. The van der Waals surface area contributed by atoms with Crippen molar-refractivity contribution in [3.63, 3.8) is 0 Å². The highest BCUT2D eigenvalue weighted by Crippen LogP contribution is 2.33. The Labute approximate surface area is 167 Å². The van der Waals surface area contributed by atoms with Crippen LogP contribution in [-0.2, 0) is 16.0 Å². The van der Waals surface area contributed by atoms with Gasteiger partial charge in [0.25, 0.3) is 0 Å². The Morgan fingerprint density at radius 1 is 1.03 bits per heavy atom. The van der Waals surface area contributed by atoms with Gasteiger partial charge in [0, 0.05) is 25.4 Å². The number of aryl methyl sites for hydroxylation is 1. The van der Waals surface area contributed by atoms with Crippen LogP contribution < -0.4 is 5.69 Å². The monoisotopic (exact) mass is 393 g/mol. The fourth-order valence-corrected chi connectivity index (χ4v) is 4.13. The summed E-state index contributed by atoms with van der Waals surface area (Å²) in [6, 6.07) is 15.3. The number of carboxylic acids is 1. The molecule has 7 nitrogen and oxygen atoms in total. The number of amides is 1. The third-order valence-corrected chi connectivity index (χ3v) is 5.65. The molecule has 4 rings (SSSR count). The maximum absolute atomic E-state index is 12.7. The predicted octanol–water partition coefficient (Wildman–Crippen LogP) is 2.51. The number of carbonyl (C=O) groups excluding carboxylic acids is 1. The van der Waals surface area contributed by atoms with E-state index < -0.39 is 11.9 Å². The number of carbonyl (C=O) groups is 2. The lowest BCUT2D eigenvalue weighted by atomic mass is 9.89. The molecule has 150 valence electrons. The van der Waals surface area contributed by atoms with Gasteiger partial charge >= 0.3 is 11.7 Å². The summed E-state index contributed by atoms with van der Waals surface area (Å²) in [7, 11) is 0. The van der Waals surface area contributed by atoms with E-state index in [0.717, 1.165) is 22.2 Å². The van der Waals surface area contributed by atoms with Gasteiger partial charge in [-0.25, -0.2) is 4.79 Å². The van der Waals surface area contributed by atoms with E-state index in [9.17, 15) is 19.5 Å². The van der Waals surface area contributed by atoms with E-state index in [1.807, 2.05) is 48.5 Å². The van der Waals surface area contributed by atoms with Gasteiger partial charge in [0.15, 0.2) is 0 Å². The second-order valence-electron chi connectivity index (χ2n) is 7.57. The molecule has 3 aromatic rings. The van der Waals surface area contributed by atoms with Crippen molar-refractivity contribution in [2.45, 2.75) is 25.2 Å². The van der Waals surface area contributed by atoms with Crippen LogP contribution in [0.5, 0.6) is 0 Å². The first-order valence-corrected chi connectivity index (χ1v) is 9.78. The standard InChI is InChI=1S/C22H23N3O4/c26-20(8-4-5-14-9-10-18-19(11-14)24-22(29)23-18)25-12-16(17(13-25)21(27)28)15-6-2-1-3-7-15/h1-3,6-7,9-11,16-17H,4-5,8,12-13H2,(H,27,28)(H2,23,24,29)/t16-,17+/m0/s1. The molecule has 0 saturated carbocycles. The summed E-state index contributed by atoms with van der Waals surface area (Å²) in [5, 5.41) is 9.59. The molecule has 0 unspecified atom stereocenters. The second-order valence-corrected chi connectivity index (χ2v) is 7.57. The van der Waals surface area contributed by atoms with E-state index in [4.69, 9.17) is 0 Å². The summed E-state index contributed by atoms with van der Waals surface area (Å²) in [6.07, 6.45) is 1.76. The molecule has 1 aromatic heterocycles. The highest BCUT2D eigenvalue weighted by molar-refractivity contribution is 5.80. The van der Waals surface area contributed by atoms with Crippen LogP contribution >= 0.6 is 0 Å². The number of rotatable bonds is 6. The number of aromatic nitrogens is 2. The predicted molar refractivity (Wildman–Crippen MR) is 109 cm³/mol. The number of hydrogen-bond acceptors (Lipinski definition) is 3. The summed E-state index contributed by atoms with van der Waals surface area (Å²) in [4.78, 5) is 42.9. The lowest BCUT2D eigenvalue weighted by Gasteiger charge is -2.16. The molecule has 1 aliphatic rings. The largest absolute Gasteiger partial charge is 0.481 e. The molecule has 0 spiro atoms. The lowest BCUT2D eigenvalue weighted by molar-refractivity contribution is -0.141. The SMILES string of the molecule is O=C(O)[C@@H]1CN(C(=O)CCCc2ccc3[nH]c(=O)[nH]c3c2)C[C@H]1c1ccccc1. The molecule has 1 aliphatic heterocycles. The first-order chi connectivity index (χ1) is 14.0. The summed E-state index contributed by atoms with van der Waals surface area (Å²) < 4.78 is 0. The van der Waals surface area contributed by atoms with Crippen molar-refractivity contribution in [3.8, 4) is 0 Å². The summed E-state index contributed by atoms with van der Waals surface area (Å²) in [6.45, 7) is 0.695. The minimum absolute atomic E-state index is 0.00851. The zero-order valence-corrected chi connectivity index (χ0v) is 15.9.